The van der Waals surface area contributed by atoms with E-state index in [4.69, 9.17) is 15.4 Å². The third-order valence-corrected chi connectivity index (χ3v) is 3.51. The summed E-state index contributed by atoms with van der Waals surface area (Å²) in [6, 6.07) is 11.1. The standard InChI is InChI=1S/C15H11N3O3/c16-7-10-13-12(14(17)21-15(10)20)9(6-11(19)18-13)8-4-2-1-3-5-8/h1-5,9H,6,17H2,(H,18,19)/t9-/m1/s1. The molecule has 1 aromatic carbocycles. The molecule has 3 rings (SSSR count). The highest BCUT2D eigenvalue weighted by atomic mass is 16.4. The smallest absolute Gasteiger partial charge is 0.357 e. The Hall–Kier alpha value is -3.07. The van der Waals surface area contributed by atoms with Crippen LogP contribution < -0.4 is 16.7 Å². The van der Waals surface area contributed by atoms with Crippen LogP contribution in [-0.4, -0.2) is 5.91 Å². The summed E-state index contributed by atoms with van der Waals surface area (Å²) in [7, 11) is 0. The van der Waals surface area contributed by atoms with E-state index in [0.29, 0.717) is 5.56 Å². The number of benzene rings is 1. The van der Waals surface area contributed by atoms with Crippen LogP contribution >= 0.6 is 0 Å². The fourth-order valence-corrected chi connectivity index (χ4v) is 2.59. The Morgan fingerprint density at radius 1 is 1.29 bits per heavy atom. The summed E-state index contributed by atoms with van der Waals surface area (Å²) >= 11 is 0. The number of carbonyl (C=O) groups is 1. The maximum atomic E-state index is 11.9. The quantitative estimate of drug-likeness (QED) is 0.824. The maximum Gasteiger partial charge on any atom is 0.357 e. The molecule has 0 fully saturated rings. The molecule has 3 N–H and O–H groups in total. The largest absolute Gasteiger partial charge is 0.406 e. The molecule has 1 aromatic heterocycles. The van der Waals surface area contributed by atoms with Crippen LogP contribution in [0.1, 0.15) is 29.0 Å². The van der Waals surface area contributed by atoms with Crippen molar-refractivity contribution in [1.82, 2.24) is 0 Å². The highest BCUT2D eigenvalue weighted by Gasteiger charge is 2.33. The van der Waals surface area contributed by atoms with Crippen molar-refractivity contribution in [2.75, 3.05) is 11.1 Å². The molecule has 0 saturated heterocycles. The molecule has 0 spiro atoms. The van der Waals surface area contributed by atoms with Gasteiger partial charge >= 0.3 is 5.63 Å². The minimum absolute atomic E-state index is 0.0668. The van der Waals surface area contributed by atoms with Crippen molar-refractivity contribution in [2.24, 2.45) is 0 Å². The van der Waals surface area contributed by atoms with Crippen LogP contribution in [0.15, 0.2) is 39.5 Å². The van der Waals surface area contributed by atoms with Gasteiger partial charge in [0.1, 0.15) is 6.07 Å². The molecule has 1 atom stereocenters. The van der Waals surface area contributed by atoms with Gasteiger partial charge in [-0.1, -0.05) is 30.3 Å². The summed E-state index contributed by atoms with van der Waals surface area (Å²) in [6.07, 6.45) is 0.180. The van der Waals surface area contributed by atoms with Gasteiger partial charge in [0.2, 0.25) is 11.8 Å². The van der Waals surface area contributed by atoms with E-state index in [2.05, 4.69) is 5.32 Å². The molecule has 0 aliphatic carbocycles. The Morgan fingerprint density at radius 2 is 2.00 bits per heavy atom. The van der Waals surface area contributed by atoms with E-state index in [-0.39, 0.29) is 35.4 Å². The number of rotatable bonds is 1. The molecule has 0 radical (unpaired) electrons. The second-order valence-electron chi connectivity index (χ2n) is 4.74. The first-order valence-corrected chi connectivity index (χ1v) is 6.33. The number of nitrogen functional groups attached to an aromatic ring is 1. The zero-order chi connectivity index (χ0) is 15.0. The first kappa shape index (κ1) is 12.9. The molecule has 0 saturated carbocycles. The molecule has 6 nitrogen and oxygen atoms in total. The lowest BCUT2D eigenvalue weighted by Crippen LogP contribution is -2.28. The van der Waals surface area contributed by atoms with Crippen LogP contribution in [0.3, 0.4) is 0 Å². The lowest BCUT2D eigenvalue weighted by molar-refractivity contribution is -0.116. The summed E-state index contributed by atoms with van der Waals surface area (Å²) < 4.78 is 4.93. The van der Waals surface area contributed by atoms with Crippen LogP contribution in [0.25, 0.3) is 0 Å². The van der Waals surface area contributed by atoms with Gasteiger partial charge in [-0.15, -0.1) is 0 Å². The van der Waals surface area contributed by atoms with Crippen molar-refractivity contribution < 1.29 is 9.21 Å². The molecule has 2 aromatic rings. The third-order valence-electron chi connectivity index (χ3n) is 3.51. The summed E-state index contributed by atoms with van der Waals surface area (Å²) in [6.45, 7) is 0. The van der Waals surface area contributed by atoms with Crippen LogP contribution in [0.4, 0.5) is 11.6 Å². The third kappa shape index (κ3) is 2.05. The van der Waals surface area contributed by atoms with E-state index in [0.717, 1.165) is 5.56 Å². The van der Waals surface area contributed by atoms with Gasteiger partial charge in [-0.05, 0) is 5.56 Å². The monoisotopic (exact) mass is 281 g/mol. The average molecular weight is 281 g/mol. The van der Waals surface area contributed by atoms with E-state index in [1.807, 2.05) is 30.3 Å². The van der Waals surface area contributed by atoms with Crippen molar-refractivity contribution in [2.45, 2.75) is 12.3 Å². The topological polar surface area (TPSA) is 109 Å². The number of amides is 1. The zero-order valence-electron chi connectivity index (χ0n) is 10.9. The van der Waals surface area contributed by atoms with E-state index >= 15 is 0 Å². The predicted octanol–water partition coefficient (Wildman–Crippen LogP) is 1.57. The van der Waals surface area contributed by atoms with E-state index in [9.17, 15) is 9.59 Å². The van der Waals surface area contributed by atoms with Crippen LogP contribution in [0, 0.1) is 11.3 Å². The Morgan fingerprint density at radius 3 is 2.67 bits per heavy atom. The van der Waals surface area contributed by atoms with Gasteiger partial charge in [0.15, 0.2) is 5.56 Å². The molecule has 2 heterocycles. The number of hydrogen-bond donors (Lipinski definition) is 2. The minimum atomic E-state index is -0.845. The predicted molar refractivity (Wildman–Crippen MR) is 75.6 cm³/mol. The van der Waals surface area contributed by atoms with Gasteiger partial charge in [0, 0.05) is 17.9 Å². The van der Waals surface area contributed by atoms with Crippen LogP contribution in [0.5, 0.6) is 0 Å². The normalized spacial score (nSPS) is 16.7. The molecule has 104 valence electrons. The van der Waals surface area contributed by atoms with Gasteiger partial charge in [0.05, 0.1) is 5.69 Å². The highest BCUT2D eigenvalue weighted by molar-refractivity contribution is 5.97. The lowest BCUT2D eigenvalue weighted by atomic mass is 9.84. The SMILES string of the molecule is N#Cc1c2c(c(N)oc1=O)[C@@H](c1ccccc1)CC(=O)N2. The van der Waals surface area contributed by atoms with E-state index in [1.54, 1.807) is 6.07 Å². The number of nitrogens with zero attached hydrogens (tertiary/aromatic N) is 1. The van der Waals surface area contributed by atoms with Crippen molar-refractivity contribution in [3.05, 3.63) is 57.4 Å². The number of nitriles is 1. The molecular formula is C15H11N3O3. The highest BCUT2D eigenvalue weighted by Crippen LogP contribution is 2.40. The first-order chi connectivity index (χ1) is 10.1. The minimum Gasteiger partial charge on any atom is -0.406 e. The molecular weight excluding hydrogens is 270 g/mol. The Balaban J connectivity index is 2.29. The molecule has 0 bridgehead atoms. The van der Waals surface area contributed by atoms with E-state index < -0.39 is 5.63 Å². The fourth-order valence-electron chi connectivity index (χ4n) is 2.59. The number of anilines is 2. The average Bonchev–Trinajstić information content (AvgIpc) is 2.47. The van der Waals surface area contributed by atoms with Crippen LogP contribution in [0.2, 0.25) is 0 Å². The number of hydrogen-bond acceptors (Lipinski definition) is 5. The second-order valence-corrected chi connectivity index (χ2v) is 4.74. The van der Waals surface area contributed by atoms with Crippen molar-refractivity contribution >= 4 is 17.5 Å². The number of carbonyl (C=O) groups excluding carboxylic acids is 1. The van der Waals surface area contributed by atoms with Gasteiger partial charge in [0.25, 0.3) is 0 Å². The Kier molecular flexibility index (Phi) is 2.95. The van der Waals surface area contributed by atoms with Gasteiger partial charge in [-0.2, -0.15) is 5.26 Å². The maximum absolute atomic E-state index is 11.9. The molecule has 1 aliphatic rings. The first-order valence-electron chi connectivity index (χ1n) is 6.33. The lowest BCUT2D eigenvalue weighted by Gasteiger charge is -2.26. The summed E-state index contributed by atoms with van der Waals surface area (Å²) in [5.41, 5.74) is 6.26. The van der Waals surface area contributed by atoms with Crippen molar-refractivity contribution in [1.29, 1.82) is 5.26 Å². The summed E-state index contributed by atoms with van der Waals surface area (Å²) in [4.78, 5) is 23.6. The molecule has 21 heavy (non-hydrogen) atoms. The van der Waals surface area contributed by atoms with Gasteiger partial charge in [-0.3, -0.25) is 4.79 Å². The summed E-state index contributed by atoms with van der Waals surface area (Å²) in [5.74, 6) is -0.674. The summed E-state index contributed by atoms with van der Waals surface area (Å²) in [5, 5.41) is 11.7. The van der Waals surface area contributed by atoms with Crippen LogP contribution in [-0.2, 0) is 4.79 Å². The van der Waals surface area contributed by atoms with Gasteiger partial charge in [-0.25, -0.2) is 4.79 Å². The Labute approximate surface area is 119 Å². The van der Waals surface area contributed by atoms with Crippen molar-refractivity contribution in [3.63, 3.8) is 0 Å². The molecule has 6 heteroatoms. The molecule has 0 unspecified atom stereocenters. The zero-order valence-corrected chi connectivity index (χ0v) is 10.9. The number of nitrogens with two attached hydrogens (primary N) is 1. The molecule has 1 amide bonds. The van der Waals surface area contributed by atoms with Crippen molar-refractivity contribution in [3.8, 4) is 6.07 Å². The number of fused-ring (bicyclic) bond motifs is 1. The second kappa shape index (κ2) is 4.80. The van der Waals surface area contributed by atoms with E-state index in [1.165, 1.54) is 0 Å². The Bertz CT molecular complexity index is 819. The number of nitrogens with one attached hydrogen (secondary N) is 1. The fraction of sp³-hybridized carbons (Fsp3) is 0.133. The molecule has 1 aliphatic heterocycles. The van der Waals surface area contributed by atoms with Gasteiger partial charge < -0.3 is 15.5 Å².